The number of benzene rings is 1. The molecular weight excluding hydrogens is 286 g/mol. The van der Waals surface area contributed by atoms with Crippen LogP contribution < -0.4 is 5.32 Å². The Morgan fingerprint density at radius 1 is 1.29 bits per heavy atom. The number of halogens is 1. The van der Waals surface area contributed by atoms with E-state index in [9.17, 15) is 4.79 Å². The lowest BCUT2D eigenvalue weighted by Crippen LogP contribution is -2.44. The molecule has 2 saturated heterocycles. The van der Waals surface area contributed by atoms with Crippen molar-refractivity contribution in [2.24, 2.45) is 0 Å². The van der Waals surface area contributed by atoms with Crippen LogP contribution in [-0.2, 0) is 4.79 Å². The number of nitrogens with zero attached hydrogens (tertiary/aromatic N) is 2. The van der Waals surface area contributed by atoms with Crippen LogP contribution >= 0.6 is 11.6 Å². The summed E-state index contributed by atoms with van der Waals surface area (Å²) in [6, 6.07) is 7.96. The normalized spacial score (nSPS) is 24.8. The standard InChI is InChI=1S/C16H22ClN3O/c1-12(11-19-8-2-3-9-19)20-15(21)10-18-16(20)13-4-6-14(17)7-5-13/h4-7,12,16,18H,2-3,8-11H2,1H3. The van der Waals surface area contributed by atoms with E-state index in [0.29, 0.717) is 6.54 Å². The predicted octanol–water partition coefficient (Wildman–Crippen LogP) is 2.25. The molecule has 2 unspecified atom stereocenters. The molecule has 0 radical (unpaired) electrons. The van der Waals surface area contributed by atoms with Gasteiger partial charge in [0.05, 0.1) is 6.54 Å². The maximum Gasteiger partial charge on any atom is 0.238 e. The minimum atomic E-state index is -0.0348. The molecule has 21 heavy (non-hydrogen) atoms. The quantitative estimate of drug-likeness (QED) is 0.927. The van der Waals surface area contributed by atoms with Crippen LogP contribution in [-0.4, -0.2) is 47.9 Å². The number of hydrogen-bond donors (Lipinski definition) is 1. The van der Waals surface area contributed by atoms with Gasteiger partial charge in [0, 0.05) is 17.6 Å². The van der Waals surface area contributed by atoms with Gasteiger partial charge in [-0.2, -0.15) is 0 Å². The summed E-state index contributed by atoms with van der Waals surface area (Å²) in [6.07, 6.45) is 2.52. The van der Waals surface area contributed by atoms with Gasteiger partial charge in [-0.3, -0.25) is 10.1 Å². The predicted molar refractivity (Wildman–Crippen MR) is 84.2 cm³/mol. The molecule has 0 aliphatic carbocycles. The minimum absolute atomic E-state index is 0.0348. The first-order chi connectivity index (χ1) is 10.1. The summed E-state index contributed by atoms with van der Waals surface area (Å²) in [7, 11) is 0. The average molecular weight is 308 g/mol. The first-order valence-corrected chi connectivity index (χ1v) is 8.05. The molecule has 2 atom stereocenters. The Labute approximate surface area is 131 Å². The fourth-order valence-corrected chi connectivity index (χ4v) is 3.49. The Balaban J connectivity index is 1.73. The van der Waals surface area contributed by atoms with E-state index in [1.54, 1.807) is 0 Å². The van der Waals surface area contributed by atoms with E-state index in [-0.39, 0.29) is 18.1 Å². The van der Waals surface area contributed by atoms with Crippen LogP contribution in [0.15, 0.2) is 24.3 Å². The summed E-state index contributed by atoms with van der Waals surface area (Å²) in [6.45, 7) is 5.83. The Morgan fingerprint density at radius 2 is 1.95 bits per heavy atom. The van der Waals surface area contributed by atoms with E-state index in [0.717, 1.165) is 30.2 Å². The molecule has 0 saturated carbocycles. The first-order valence-electron chi connectivity index (χ1n) is 7.67. The molecule has 0 spiro atoms. The molecule has 1 aromatic carbocycles. The molecule has 1 amide bonds. The summed E-state index contributed by atoms with van der Waals surface area (Å²) in [5.74, 6) is 0.182. The van der Waals surface area contributed by atoms with Crippen LogP contribution in [0, 0.1) is 0 Å². The van der Waals surface area contributed by atoms with Crippen molar-refractivity contribution >= 4 is 17.5 Å². The molecule has 2 aliphatic rings. The van der Waals surface area contributed by atoms with Crippen molar-refractivity contribution < 1.29 is 4.79 Å². The number of likely N-dealkylation sites (tertiary alicyclic amines) is 1. The highest BCUT2D eigenvalue weighted by Crippen LogP contribution is 2.26. The maximum absolute atomic E-state index is 12.3. The maximum atomic E-state index is 12.3. The van der Waals surface area contributed by atoms with E-state index in [1.165, 1.54) is 12.8 Å². The largest absolute Gasteiger partial charge is 0.318 e. The number of nitrogens with one attached hydrogen (secondary N) is 1. The number of carbonyl (C=O) groups is 1. The van der Waals surface area contributed by atoms with Gasteiger partial charge in [0.15, 0.2) is 0 Å². The Morgan fingerprint density at radius 3 is 2.62 bits per heavy atom. The van der Waals surface area contributed by atoms with Crippen LogP contribution in [0.1, 0.15) is 31.5 Å². The van der Waals surface area contributed by atoms with E-state index in [4.69, 9.17) is 11.6 Å². The SMILES string of the molecule is CC(CN1CCCC1)N1C(=O)CNC1c1ccc(Cl)cc1. The summed E-state index contributed by atoms with van der Waals surface area (Å²) < 4.78 is 0. The highest BCUT2D eigenvalue weighted by Gasteiger charge is 2.35. The second-order valence-corrected chi connectivity index (χ2v) is 6.43. The van der Waals surface area contributed by atoms with Crippen molar-refractivity contribution in [3.8, 4) is 0 Å². The van der Waals surface area contributed by atoms with Crippen LogP contribution in [0.25, 0.3) is 0 Å². The van der Waals surface area contributed by atoms with Gasteiger partial charge in [-0.25, -0.2) is 0 Å². The van der Waals surface area contributed by atoms with Crippen LogP contribution in [0.3, 0.4) is 0 Å². The highest BCUT2D eigenvalue weighted by atomic mass is 35.5. The van der Waals surface area contributed by atoms with Gasteiger partial charge >= 0.3 is 0 Å². The van der Waals surface area contributed by atoms with Crippen LogP contribution in [0.5, 0.6) is 0 Å². The molecular formula is C16H22ClN3O. The molecule has 1 aromatic rings. The molecule has 3 rings (SSSR count). The summed E-state index contributed by atoms with van der Waals surface area (Å²) >= 11 is 5.95. The summed E-state index contributed by atoms with van der Waals surface area (Å²) in [5.41, 5.74) is 1.10. The molecule has 2 aliphatic heterocycles. The molecule has 114 valence electrons. The van der Waals surface area contributed by atoms with Gasteiger partial charge in [0.2, 0.25) is 5.91 Å². The smallest absolute Gasteiger partial charge is 0.238 e. The van der Waals surface area contributed by atoms with Crippen LogP contribution in [0.2, 0.25) is 5.02 Å². The van der Waals surface area contributed by atoms with Gasteiger partial charge in [-0.1, -0.05) is 23.7 Å². The fraction of sp³-hybridized carbons (Fsp3) is 0.562. The van der Waals surface area contributed by atoms with Gasteiger partial charge in [-0.05, 0) is 50.6 Å². The number of rotatable bonds is 4. The van der Waals surface area contributed by atoms with Gasteiger partial charge < -0.3 is 9.80 Å². The second-order valence-electron chi connectivity index (χ2n) is 5.99. The van der Waals surface area contributed by atoms with E-state index < -0.39 is 0 Å². The monoisotopic (exact) mass is 307 g/mol. The minimum Gasteiger partial charge on any atom is -0.318 e. The summed E-state index contributed by atoms with van der Waals surface area (Å²) in [5, 5.41) is 4.03. The zero-order chi connectivity index (χ0) is 14.8. The highest BCUT2D eigenvalue weighted by molar-refractivity contribution is 6.30. The van der Waals surface area contributed by atoms with Crippen molar-refractivity contribution in [1.82, 2.24) is 15.1 Å². The lowest BCUT2D eigenvalue weighted by atomic mass is 10.1. The van der Waals surface area contributed by atoms with Crippen molar-refractivity contribution in [3.05, 3.63) is 34.9 Å². The third-order valence-corrected chi connectivity index (χ3v) is 4.65. The zero-order valence-corrected chi connectivity index (χ0v) is 13.1. The Kier molecular flexibility index (Phi) is 4.48. The number of hydrogen-bond acceptors (Lipinski definition) is 3. The lowest BCUT2D eigenvalue weighted by Gasteiger charge is -2.33. The van der Waals surface area contributed by atoms with Gasteiger partial charge in [0.25, 0.3) is 0 Å². The molecule has 2 heterocycles. The second kappa shape index (κ2) is 6.34. The van der Waals surface area contributed by atoms with Crippen molar-refractivity contribution in [2.75, 3.05) is 26.2 Å². The summed E-state index contributed by atoms with van der Waals surface area (Å²) in [4.78, 5) is 16.7. The van der Waals surface area contributed by atoms with Crippen molar-refractivity contribution in [2.45, 2.75) is 32.0 Å². The third-order valence-electron chi connectivity index (χ3n) is 4.39. The molecule has 0 aromatic heterocycles. The number of amides is 1. The third kappa shape index (κ3) is 3.23. The van der Waals surface area contributed by atoms with E-state index in [2.05, 4.69) is 17.1 Å². The molecule has 1 N–H and O–H groups in total. The van der Waals surface area contributed by atoms with E-state index in [1.807, 2.05) is 29.2 Å². The fourth-order valence-electron chi connectivity index (χ4n) is 3.37. The molecule has 5 heteroatoms. The number of carbonyl (C=O) groups excluding carboxylic acids is 1. The Hall–Kier alpha value is -1.10. The molecule has 2 fully saturated rings. The lowest BCUT2D eigenvalue weighted by molar-refractivity contribution is -0.130. The van der Waals surface area contributed by atoms with Crippen LogP contribution in [0.4, 0.5) is 0 Å². The average Bonchev–Trinajstić information content (AvgIpc) is 3.09. The van der Waals surface area contributed by atoms with Crippen molar-refractivity contribution in [1.29, 1.82) is 0 Å². The van der Waals surface area contributed by atoms with Gasteiger partial charge in [0.1, 0.15) is 6.17 Å². The topological polar surface area (TPSA) is 35.6 Å². The molecule has 4 nitrogen and oxygen atoms in total. The Bertz CT molecular complexity index is 499. The van der Waals surface area contributed by atoms with Gasteiger partial charge in [-0.15, -0.1) is 0 Å². The zero-order valence-electron chi connectivity index (χ0n) is 12.4. The molecule has 0 bridgehead atoms. The first kappa shape index (κ1) is 14.8. The van der Waals surface area contributed by atoms with E-state index >= 15 is 0 Å². The van der Waals surface area contributed by atoms with Crippen molar-refractivity contribution in [3.63, 3.8) is 0 Å².